The molecule has 2 aromatic heterocycles. The molecule has 132 valence electrons. The minimum absolute atomic E-state index is 0.238. The molecule has 0 amide bonds. The standard InChI is InChI=1S/C20H12BrN3O2S/c21-16-11-15(12-25)26-19(16)27-20-22-17(13-7-3-1-4-8-13)18(23-24-20)14-9-5-2-6-10-14/h1-12H. The quantitative estimate of drug-likeness (QED) is 0.382. The Kier molecular flexibility index (Phi) is 5.13. The zero-order valence-electron chi connectivity index (χ0n) is 13.9. The molecule has 0 aliphatic rings. The molecule has 0 atom stereocenters. The molecule has 0 spiro atoms. The molecule has 0 aliphatic carbocycles. The number of nitrogens with zero attached hydrogens (tertiary/aromatic N) is 3. The van der Waals surface area contributed by atoms with E-state index >= 15 is 0 Å². The summed E-state index contributed by atoms with van der Waals surface area (Å²) in [4.78, 5) is 15.6. The topological polar surface area (TPSA) is 68.9 Å². The smallest absolute Gasteiger partial charge is 0.217 e. The summed E-state index contributed by atoms with van der Waals surface area (Å²) in [6.07, 6.45) is 0.655. The average molecular weight is 438 g/mol. The van der Waals surface area contributed by atoms with Gasteiger partial charge in [-0.05, 0) is 27.7 Å². The molecule has 2 aromatic carbocycles. The summed E-state index contributed by atoms with van der Waals surface area (Å²) < 4.78 is 6.14. The highest BCUT2D eigenvalue weighted by Gasteiger charge is 2.17. The van der Waals surface area contributed by atoms with Gasteiger partial charge in [-0.2, -0.15) is 0 Å². The predicted octanol–water partition coefficient (Wildman–Crippen LogP) is 5.52. The van der Waals surface area contributed by atoms with Crippen molar-refractivity contribution in [1.82, 2.24) is 15.2 Å². The van der Waals surface area contributed by atoms with Gasteiger partial charge in [0.1, 0.15) is 11.4 Å². The summed E-state index contributed by atoms with van der Waals surface area (Å²) in [5, 5.41) is 9.60. The summed E-state index contributed by atoms with van der Waals surface area (Å²) in [6.45, 7) is 0. The van der Waals surface area contributed by atoms with E-state index in [1.165, 1.54) is 11.8 Å². The van der Waals surface area contributed by atoms with Crippen molar-refractivity contribution in [1.29, 1.82) is 0 Å². The molecule has 5 nitrogen and oxygen atoms in total. The van der Waals surface area contributed by atoms with Crippen LogP contribution in [0.15, 0.2) is 85.9 Å². The average Bonchev–Trinajstić information content (AvgIpc) is 3.09. The van der Waals surface area contributed by atoms with Gasteiger partial charge in [0.15, 0.2) is 17.1 Å². The largest absolute Gasteiger partial charge is 0.445 e. The number of aldehydes is 1. The van der Waals surface area contributed by atoms with Crippen LogP contribution >= 0.6 is 27.7 Å². The van der Waals surface area contributed by atoms with E-state index in [-0.39, 0.29) is 5.76 Å². The van der Waals surface area contributed by atoms with Crippen LogP contribution in [-0.4, -0.2) is 21.5 Å². The molecule has 2 heterocycles. The molecule has 27 heavy (non-hydrogen) atoms. The molecule has 4 rings (SSSR count). The summed E-state index contributed by atoms with van der Waals surface area (Å²) in [5.74, 6) is 0.238. The lowest BCUT2D eigenvalue weighted by Gasteiger charge is -2.09. The van der Waals surface area contributed by atoms with E-state index in [2.05, 4.69) is 26.1 Å². The molecule has 4 aromatic rings. The number of halogens is 1. The number of aromatic nitrogens is 3. The number of rotatable bonds is 5. The Bertz CT molecular complexity index is 1090. The summed E-state index contributed by atoms with van der Waals surface area (Å²) in [7, 11) is 0. The molecule has 0 saturated carbocycles. The van der Waals surface area contributed by atoms with E-state index in [1.807, 2.05) is 60.7 Å². The van der Waals surface area contributed by atoms with Gasteiger partial charge >= 0.3 is 0 Å². The first-order valence-corrected chi connectivity index (χ1v) is 9.63. The van der Waals surface area contributed by atoms with Crippen molar-refractivity contribution in [2.75, 3.05) is 0 Å². The maximum absolute atomic E-state index is 10.9. The van der Waals surface area contributed by atoms with Crippen LogP contribution in [0, 0.1) is 0 Å². The SMILES string of the molecule is O=Cc1cc(Br)c(Sc2nnc(-c3ccccc3)c(-c3ccccc3)n2)o1. The second-order valence-electron chi connectivity index (χ2n) is 5.53. The molecular weight excluding hydrogens is 426 g/mol. The Labute approximate surface area is 168 Å². The number of carbonyl (C=O) groups excluding carboxylic acids is 1. The molecule has 0 saturated heterocycles. The summed E-state index contributed by atoms with van der Waals surface area (Å²) in [6, 6.07) is 21.3. The van der Waals surface area contributed by atoms with E-state index in [1.54, 1.807) is 6.07 Å². The fraction of sp³-hybridized carbons (Fsp3) is 0. The Balaban J connectivity index is 1.79. The van der Waals surface area contributed by atoms with Crippen LogP contribution in [0.1, 0.15) is 10.6 Å². The first kappa shape index (κ1) is 17.6. The van der Waals surface area contributed by atoms with Crippen molar-refractivity contribution < 1.29 is 9.21 Å². The van der Waals surface area contributed by atoms with Crippen LogP contribution < -0.4 is 0 Å². The Morgan fingerprint density at radius 1 is 0.889 bits per heavy atom. The Hall–Kier alpha value is -2.77. The normalized spacial score (nSPS) is 10.7. The minimum Gasteiger partial charge on any atom is -0.445 e. The van der Waals surface area contributed by atoms with Crippen LogP contribution in [0.25, 0.3) is 22.5 Å². The maximum atomic E-state index is 10.9. The lowest BCUT2D eigenvalue weighted by molar-refractivity contribution is 0.109. The van der Waals surface area contributed by atoms with E-state index in [0.717, 1.165) is 16.8 Å². The van der Waals surface area contributed by atoms with Crippen LogP contribution in [0.4, 0.5) is 0 Å². The molecule has 0 fully saturated rings. The monoisotopic (exact) mass is 437 g/mol. The van der Waals surface area contributed by atoms with Crippen molar-refractivity contribution in [3.05, 3.63) is 77.0 Å². The highest BCUT2D eigenvalue weighted by atomic mass is 79.9. The number of hydrogen-bond acceptors (Lipinski definition) is 6. The predicted molar refractivity (Wildman–Crippen MR) is 107 cm³/mol. The third-order valence-corrected chi connectivity index (χ3v) is 5.43. The minimum atomic E-state index is 0.238. The van der Waals surface area contributed by atoms with Gasteiger partial charge < -0.3 is 4.42 Å². The highest BCUT2D eigenvalue weighted by Crippen LogP contribution is 2.36. The third kappa shape index (κ3) is 3.84. The van der Waals surface area contributed by atoms with Gasteiger partial charge in [0, 0.05) is 17.2 Å². The molecule has 0 bridgehead atoms. The molecule has 0 unspecified atom stereocenters. The van der Waals surface area contributed by atoms with Crippen molar-refractivity contribution in [3.8, 4) is 22.5 Å². The van der Waals surface area contributed by atoms with E-state index in [9.17, 15) is 4.79 Å². The van der Waals surface area contributed by atoms with Crippen molar-refractivity contribution in [2.24, 2.45) is 0 Å². The van der Waals surface area contributed by atoms with Gasteiger partial charge in [-0.3, -0.25) is 4.79 Å². The maximum Gasteiger partial charge on any atom is 0.217 e. The number of hydrogen-bond donors (Lipinski definition) is 0. The Morgan fingerprint density at radius 2 is 1.52 bits per heavy atom. The van der Waals surface area contributed by atoms with Gasteiger partial charge in [0.2, 0.25) is 5.16 Å². The molecule has 0 radical (unpaired) electrons. The highest BCUT2D eigenvalue weighted by molar-refractivity contribution is 9.10. The molecule has 0 aliphatic heterocycles. The van der Waals surface area contributed by atoms with Gasteiger partial charge in [-0.1, -0.05) is 60.7 Å². The fourth-order valence-corrected chi connectivity index (χ4v) is 3.75. The number of furan rings is 1. The second-order valence-corrected chi connectivity index (χ2v) is 7.32. The zero-order chi connectivity index (χ0) is 18.6. The zero-order valence-corrected chi connectivity index (χ0v) is 16.3. The van der Waals surface area contributed by atoms with Crippen molar-refractivity contribution in [3.63, 3.8) is 0 Å². The first-order valence-electron chi connectivity index (χ1n) is 8.02. The lowest BCUT2D eigenvalue weighted by atomic mass is 10.0. The number of benzene rings is 2. The van der Waals surface area contributed by atoms with E-state index < -0.39 is 0 Å². The van der Waals surface area contributed by atoms with Gasteiger partial charge in [0.05, 0.1) is 4.47 Å². The van der Waals surface area contributed by atoms with E-state index in [0.29, 0.717) is 26.7 Å². The first-order chi connectivity index (χ1) is 13.2. The molecule has 7 heteroatoms. The van der Waals surface area contributed by atoms with Crippen LogP contribution in [0.3, 0.4) is 0 Å². The Morgan fingerprint density at radius 3 is 2.11 bits per heavy atom. The van der Waals surface area contributed by atoms with Crippen molar-refractivity contribution in [2.45, 2.75) is 10.2 Å². The lowest BCUT2D eigenvalue weighted by Crippen LogP contribution is -1.99. The van der Waals surface area contributed by atoms with Gasteiger partial charge in [0.25, 0.3) is 0 Å². The molecular formula is C20H12BrN3O2S. The molecule has 0 N–H and O–H groups in total. The summed E-state index contributed by atoms with van der Waals surface area (Å²) >= 11 is 4.59. The van der Waals surface area contributed by atoms with Crippen molar-refractivity contribution >= 4 is 34.0 Å². The van der Waals surface area contributed by atoms with Gasteiger partial charge in [-0.15, -0.1) is 10.2 Å². The van der Waals surface area contributed by atoms with Crippen LogP contribution in [0.5, 0.6) is 0 Å². The second kappa shape index (κ2) is 7.85. The van der Waals surface area contributed by atoms with Crippen LogP contribution in [0.2, 0.25) is 0 Å². The number of carbonyl (C=O) groups is 1. The summed E-state index contributed by atoms with van der Waals surface area (Å²) in [5.41, 5.74) is 3.33. The van der Waals surface area contributed by atoms with Gasteiger partial charge in [-0.25, -0.2) is 4.98 Å². The van der Waals surface area contributed by atoms with E-state index in [4.69, 9.17) is 9.40 Å². The fourth-order valence-electron chi connectivity index (χ4n) is 2.52. The van der Waals surface area contributed by atoms with Crippen LogP contribution in [-0.2, 0) is 0 Å². The third-order valence-electron chi connectivity index (χ3n) is 3.74.